The van der Waals surface area contributed by atoms with Gasteiger partial charge in [-0.3, -0.25) is 9.69 Å². The van der Waals surface area contributed by atoms with Crippen molar-refractivity contribution < 1.29 is 23.8 Å². The quantitative estimate of drug-likeness (QED) is 0.474. The van der Waals surface area contributed by atoms with Crippen molar-refractivity contribution in [2.75, 3.05) is 19.5 Å². The summed E-state index contributed by atoms with van der Waals surface area (Å²) in [5, 5.41) is 0.600. The number of hydrogen-bond donors (Lipinski definition) is 0. The number of hydrogen-bond acceptors (Lipinski definition) is 7. The summed E-state index contributed by atoms with van der Waals surface area (Å²) < 4.78 is 17.2. The Bertz CT molecular complexity index is 1160. The lowest BCUT2D eigenvalue weighted by molar-refractivity contribution is -0.141. The van der Waals surface area contributed by atoms with E-state index in [9.17, 15) is 9.59 Å². The minimum Gasteiger partial charge on any atom is -0.493 e. The highest BCUT2D eigenvalue weighted by Crippen LogP contribution is 2.42. The SMILES string of the molecule is COc1cc([C@H]2C(C(=O)OCc3ccccc3)=C(C)N=C3SCCC(=O)N32)ccc1OCC(C)C. The molecule has 35 heavy (non-hydrogen) atoms. The van der Waals surface area contributed by atoms with Gasteiger partial charge in [0.05, 0.1) is 31.0 Å². The van der Waals surface area contributed by atoms with Crippen molar-refractivity contribution in [2.24, 2.45) is 10.9 Å². The van der Waals surface area contributed by atoms with Gasteiger partial charge in [0, 0.05) is 12.2 Å². The first-order valence-electron chi connectivity index (χ1n) is 11.6. The summed E-state index contributed by atoms with van der Waals surface area (Å²) in [6.45, 7) is 6.61. The van der Waals surface area contributed by atoms with Crippen molar-refractivity contribution in [3.8, 4) is 11.5 Å². The topological polar surface area (TPSA) is 77.4 Å². The molecule has 1 atom stereocenters. The van der Waals surface area contributed by atoms with E-state index >= 15 is 0 Å². The van der Waals surface area contributed by atoms with Gasteiger partial charge in [0.1, 0.15) is 6.61 Å². The predicted octanol–water partition coefficient (Wildman–Crippen LogP) is 5.12. The van der Waals surface area contributed by atoms with Crippen molar-refractivity contribution >= 4 is 28.8 Å². The highest BCUT2D eigenvalue weighted by atomic mass is 32.2. The van der Waals surface area contributed by atoms with Crippen molar-refractivity contribution in [1.82, 2.24) is 4.90 Å². The molecule has 7 nitrogen and oxygen atoms in total. The molecule has 0 spiro atoms. The van der Waals surface area contributed by atoms with Crippen LogP contribution >= 0.6 is 11.8 Å². The molecule has 0 unspecified atom stereocenters. The van der Waals surface area contributed by atoms with Crippen LogP contribution in [0.3, 0.4) is 0 Å². The fraction of sp³-hybridized carbons (Fsp3) is 0.370. The van der Waals surface area contributed by atoms with Crippen molar-refractivity contribution in [3.63, 3.8) is 0 Å². The van der Waals surface area contributed by atoms with Gasteiger partial charge in [0.2, 0.25) is 5.91 Å². The average molecular weight is 495 g/mol. The summed E-state index contributed by atoms with van der Waals surface area (Å²) in [6, 6.07) is 14.4. The van der Waals surface area contributed by atoms with E-state index in [1.54, 1.807) is 18.9 Å². The van der Waals surface area contributed by atoms with E-state index in [1.807, 2.05) is 48.5 Å². The fourth-order valence-electron chi connectivity index (χ4n) is 4.00. The standard InChI is InChI=1S/C27H30N2O5S/c1-17(2)15-33-21-11-10-20(14-22(21)32-4)25-24(26(31)34-16-19-8-6-5-7-9-19)18(3)28-27-29(25)23(30)12-13-35-27/h5-11,14,17,25H,12-13,15-16H2,1-4H3/t25-/m0/s1. The molecule has 2 aliphatic heterocycles. The predicted molar refractivity (Wildman–Crippen MR) is 136 cm³/mol. The van der Waals surface area contributed by atoms with Crippen LogP contribution in [-0.4, -0.2) is 41.4 Å². The van der Waals surface area contributed by atoms with E-state index in [-0.39, 0.29) is 12.5 Å². The third-order valence-electron chi connectivity index (χ3n) is 5.71. The number of nitrogens with zero attached hydrogens (tertiary/aromatic N) is 2. The molecule has 0 radical (unpaired) electrons. The number of carbonyl (C=O) groups excluding carboxylic acids is 2. The van der Waals surface area contributed by atoms with Crippen LogP contribution in [0.5, 0.6) is 11.5 Å². The van der Waals surface area contributed by atoms with E-state index in [4.69, 9.17) is 14.2 Å². The molecule has 2 aromatic carbocycles. The van der Waals surface area contributed by atoms with Crippen LogP contribution in [0.2, 0.25) is 0 Å². The van der Waals surface area contributed by atoms with Gasteiger partial charge in [-0.15, -0.1) is 0 Å². The number of amidine groups is 1. The molecule has 0 bridgehead atoms. The number of ether oxygens (including phenoxy) is 3. The maximum Gasteiger partial charge on any atom is 0.338 e. The number of benzene rings is 2. The Morgan fingerprint density at radius 2 is 1.94 bits per heavy atom. The van der Waals surface area contributed by atoms with Crippen molar-refractivity contribution in [3.05, 3.63) is 70.9 Å². The van der Waals surface area contributed by atoms with Gasteiger partial charge in [0.15, 0.2) is 16.7 Å². The third kappa shape index (κ3) is 5.53. The molecule has 0 N–H and O–H groups in total. The summed E-state index contributed by atoms with van der Waals surface area (Å²) in [6.07, 6.45) is 0.373. The molecule has 2 aromatic rings. The molecule has 1 fully saturated rings. The van der Waals surface area contributed by atoms with Gasteiger partial charge in [-0.2, -0.15) is 0 Å². The smallest absolute Gasteiger partial charge is 0.338 e. The van der Waals surface area contributed by atoms with Crippen LogP contribution in [0.1, 0.15) is 44.4 Å². The molecule has 0 aromatic heterocycles. The molecule has 0 aliphatic carbocycles. The number of esters is 1. The van der Waals surface area contributed by atoms with Gasteiger partial charge in [-0.05, 0) is 36.1 Å². The number of fused-ring (bicyclic) bond motifs is 1. The van der Waals surface area contributed by atoms with Gasteiger partial charge >= 0.3 is 5.97 Å². The second-order valence-electron chi connectivity index (χ2n) is 8.84. The number of carbonyl (C=O) groups is 2. The highest BCUT2D eigenvalue weighted by Gasteiger charge is 2.42. The van der Waals surface area contributed by atoms with E-state index in [0.717, 1.165) is 11.1 Å². The number of methoxy groups -OCH3 is 1. The first-order chi connectivity index (χ1) is 16.9. The molecular formula is C27H30N2O5S. The molecule has 2 aliphatic rings. The average Bonchev–Trinajstić information content (AvgIpc) is 2.86. The Labute approximate surface area is 210 Å². The minimum absolute atomic E-state index is 0.0764. The van der Waals surface area contributed by atoms with Crippen LogP contribution in [0.15, 0.2) is 64.8 Å². The molecule has 2 heterocycles. The zero-order valence-corrected chi connectivity index (χ0v) is 21.3. The number of allylic oxidation sites excluding steroid dienone is 1. The molecular weight excluding hydrogens is 464 g/mol. The van der Waals surface area contributed by atoms with Gasteiger partial charge in [-0.1, -0.05) is 62.0 Å². The summed E-state index contributed by atoms with van der Waals surface area (Å²) in [5.74, 6) is 1.60. The first kappa shape index (κ1) is 24.9. The number of thioether (sulfide) groups is 1. The lowest BCUT2D eigenvalue weighted by Gasteiger charge is -2.39. The maximum absolute atomic E-state index is 13.4. The van der Waals surface area contributed by atoms with Crippen LogP contribution < -0.4 is 9.47 Å². The second kappa shape index (κ2) is 11.0. The Morgan fingerprint density at radius 3 is 2.66 bits per heavy atom. The van der Waals surface area contributed by atoms with Crippen molar-refractivity contribution in [1.29, 1.82) is 0 Å². The lowest BCUT2D eigenvalue weighted by atomic mass is 9.93. The molecule has 4 rings (SSSR count). The molecule has 0 saturated carbocycles. The maximum atomic E-state index is 13.4. The Morgan fingerprint density at radius 1 is 1.17 bits per heavy atom. The first-order valence-corrected chi connectivity index (χ1v) is 12.6. The van der Waals surface area contributed by atoms with Crippen LogP contribution in [0.4, 0.5) is 0 Å². The molecule has 184 valence electrons. The van der Waals surface area contributed by atoms with E-state index < -0.39 is 12.0 Å². The van der Waals surface area contributed by atoms with Crippen LogP contribution in [0.25, 0.3) is 0 Å². The minimum atomic E-state index is -0.667. The fourth-order valence-corrected chi connectivity index (χ4v) is 5.01. The number of amides is 1. The van der Waals surface area contributed by atoms with Crippen molar-refractivity contribution in [2.45, 2.75) is 39.8 Å². The molecule has 8 heteroatoms. The Kier molecular flexibility index (Phi) is 7.80. The summed E-state index contributed by atoms with van der Waals surface area (Å²) in [4.78, 5) is 32.7. The third-order valence-corrected chi connectivity index (χ3v) is 6.67. The van der Waals surface area contributed by atoms with Crippen LogP contribution in [0, 0.1) is 5.92 Å². The highest BCUT2D eigenvalue weighted by molar-refractivity contribution is 8.14. The van der Waals surface area contributed by atoms with E-state index in [2.05, 4.69) is 18.8 Å². The normalized spacial score (nSPS) is 17.7. The monoisotopic (exact) mass is 494 g/mol. The van der Waals surface area contributed by atoms with Gasteiger partial charge in [-0.25, -0.2) is 9.79 Å². The van der Waals surface area contributed by atoms with E-state index in [0.29, 0.717) is 52.6 Å². The second-order valence-corrected chi connectivity index (χ2v) is 9.90. The number of rotatable bonds is 8. The zero-order valence-electron chi connectivity index (χ0n) is 20.4. The van der Waals surface area contributed by atoms with Crippen LogP contribution in [-0.2, 0) is 20.9 Å². The summed E-state index contributed by atoms with van der Waals surface area (Å²) in [7, 11) is 1.58. The van der Waals surface area contributed by atoms with E-state index in [1.165, 1.54) is 11.8 Å². The van der Waals surface area contributed by atoms with Gasteiger partial charge in [0.25, 0.3) is 0 Å². The number of aliphatic imine (C=N–C) groups is 1. The zero-order chi connectivity index (χ0) is 24.9. The lowest BCUT2D eigenvalue weighted by Crippen LogP contribution is -2.45. The Hall–Kier alpha value is -3.26. The Balaban J connectivity index is 1.71. The summed E-state index contributed by atoms with van der Waals surface area (Å²) >= 11 is 1.51. The molecule has 1 saturated heterocycles. The largest absolute Gasteiger partial charge is 0.493 e. The molecule has 1 amide bonds. The van der Waals surface area contributed by atoms with Gasteiger partial charge < -0.3 is 14.2 Å². The summed E-state index contributed by atoms with van der Waals surface area (Å²) in [5.41, 5.74) is 2.50.